The fourth-order valence-corrected chi connectivity index (χ4v) is 5.31. The number of thioether (sulfide) groups is 1. The third-order valence-electron chi connectivity index (χ3n) is 5.23. The maximum Gasteiger partial charge on any atom is 0.166 e. The highest BCUT2D eigenvalue weighted by molar-refractivity contribution is 8.14. The Bertz CT molecular complexity index is 856. The SMILES string of the molecule is CC[C@H]1CSC2=N[C@@H](c3ccccn3)[C@@H](c3cccc(OC)c3OC(C)C)N21. The van der Waals surface area contributed by atoms with Gasteiger partial charge in [-0.05, 0) is 38.5 Å². The van der Waals surface area contributed by atoms with E-state index < -0.39 is 0 Å². The van der Waals surface area contributed by atoms with E-state index in [2.05, 4.69) is 28.9 Å². The molecule has 0 unspecified atom stereocenters. The lowest BCUT2D eigenvalue weighted by Gasteiger charge is -2.33. The van der Waals surface area contributed by atoms with E-state index in [4.69, 9.17) is 14.5 Å². The zero-order valence-corrected chi connectivity index (χ0v) is 17.6. The van der Waals surface area contributed by atoms with Gasteiger partial charge >= 0.3 is 0 Å². The first-order valence-electron chi connectivity index (χ1n) is 9.87. The molecule has 2 aliphatic heterocycles. The van der Waals surface area contributed by atoms with E-state index in [-0.39, 0.29) is 18.2 Å². The lowest BCUT2D eigenvalue weighted by atomic mass is 9.94. The van der Waals surface area contributed by atoms with Crippen LogP contribution in [0.2, 0.25) is 0 Å². The van der Waals surface area contributed by atoms with Crippen molar-refractivity contribution in [3.63, 3.8) is 0 Å². The summed E-state index contributed by atoms with van der Waals surface area (Å²) in [5.41, 5.74) is 2.10. The minimum absolute atomic E-state index is 0.0497. The zero-order chi connectivity index (χ0) is 19.7. The minimum atomic E-state index is -0.0559. The second kappa shape index (κ2) is 8.03. The summed E-state index contributed by atoms with van der Waals surface area (Å²) < 4.78 is 11.9. The van der Waals surface area contributed by atoms with Crippen molar-refractivity contribution < 1.29 is 9.47 Å². The van der Waals surface area contributed by atoms with Gasteiger partial charge in [-0.2, -0.15) is 0 Å². The number of aromatic nitrogens is 1. The lowest BCUT2D eigenvalue weighted by molar-refractivity contribution is 0.209. The maximum absolute atomic E-state index is 6.25. The normalized spacial score (nSPS) is 23.7. The van der Waals surface area contributed by atoms with Crippen LogP contribution in [0.5, 0.6) is 11.5 Å². The summed E-state index contributed by atoms with van der Waals surface area (Å²) in [5, 5.41) is 1.12. The number of hydrogen-bond acceptors (Lipinski definition) is 6. The van der Waals surface area contributed by atoms with Crippen molar-refractivity contribution in [1.82, 2.24) is 9.88 Å². The van der Waals surface area contributed by atoms with Crippen LogP contribution in [0.3, 0.4) is 0 Å². The summed E-state index contributed by atoms with van der Waals surface area (Å²) in [6.07, 6.45) is 2.99. The van der Waals surface area contributed by atoms with Gasteiger partial charge in [-0.25, -0.2) is 0 Å². The number of pyridine rings is 1. The molecule has 2 aromatic rings. The first kappa shape index (κ1) is 19.1. The van der Waals surface area contributed by atoms with E-state index in [1.165, 1.54) is 0 Å². The monoisotopic (exact) mass is 397 g/mol. The number of para-hydroxylation sites is 1. The molecule has 2 aliphatic rings. The fraction of sp³-hybridized carbons (Fsp3) is 0.455. The molecule has 3 heterocycles. The number of amidine groups is 1. The highest BCUT2D eigenvalue weighted by Gasteiger charge is 2.46. The molecule has 1 aromatic carbocycles. The van der Waals surface area contributed by atoms with E-state index in [0.717, 1.165) is 40.1 Å². The van der Waals surface area contributed by atoms with Crippen molar-refractivity contribution in [1.29, 1.82) is 0 Å². The van der Waals surface area contributed by atoms with Crippen molar-refractivity contribution in [2.45, 2.75) is 51.4 Å². The number of methoxy groups -OCH3 is 1. The summed E-state index contributed by atoms with van der Waals surface area (Å²) in [6.45, 7) is 6.34. The van der Waals surface area contributed by atoms with Crippen LogP contribution in [-0.4, -0.2) is 40.1 Å². The van der Waals surface area contributed by atoms with E-state index >= 15 is 0 Å². The Labute approximate surface area is 171 Å². The van der Waals surface area contributed by atoms with E-state index in [1.54, 1.807) is 7.11 Å². The standard InChI is InChI=1S/C22H27N3O2S/c1-5-15-13-28-22-24-19(17-10-6-7-12-23-17)20(25(15)22)16-9-8-11-18(26-4)21(16)27-14(2)3/h6-12,14-15,19-20H,5,13H2,1-4H3/t15-,19-,20+/m0/s1. The van der Waals surface area contributed by atoms with Crippen LogP contribution in [0.15, 0.2) is 47.6 Å². The van der Waals surface area contributed by atoms with Gasteiger partial charge in [-0.1, -0.05) is 36.9 Å². The molecule has 0 bridgehead atoms. The largest absolute Gasteiger partial charge is 0.493 e. The Morgan fingerprint density at radius 3 is 2.75 bits per heavy atom. The first-order valence-corrected chi connectivity index (χ1v) is 10.9. The van der Waals surface area contributed by atoms with Crippen LogP contribution in [0.25, 0.3) is 0 Å². The number of benzene rings is 1. The molecular formula is C22H27N3O2S. The van der Waals surface area contributed by atoms with Crippen molar-refractivity contribution in [2.24, 2.45) is 4.99 Å². The quantitative estimate of drug-likeness (QED) is 0.697. The van der Waals surface area contributed by atoms with E-state index in [0.29, 0.717) is 6.04 Å². The molecule has 1 aromatic heterocycles. The van der Waals surface area contributed by atoms with Gasteiger partial charge < -0.3 is 14.4 Å². The molecular weight excluding hydrogens is 370 g/mol. The molecule has 0 aliphatic carbocycles. The van der Waals surface area contributed by atoms with E-state index in [9.17, 15) is 0 Å². The second-order valence-corrected chi connectivity index (χ2v) is 8.37. The van der Waals surface area contributed by atoms with Crippen LogP contribution in [-0.2, 0) is 0 Å². The highest BCUT2D eigenvalue weighted by Crippen LogP contribution is 2.51. The minimum Gasteiger partial charge on any atom is -0.493 e. The molecule has 1 fully saturated rings. The van der Waals surface area contributed by atoms with Gasteiger partial charge in [-0.15, -0.1) is 0 Å². The van der Waals surface area contributed by atoms with Crippen LogP contribution in [0.4, 0.5) is 0 Å². The number of hydrogen-bond donors (Lipinski definition) is 0. The molecule has 0 amide bonds. The van der Waals surface area contributed by atoms with Gasteiger partial charge in [0.2, 0.25) is 0 Å². The summed E-state index contributed by atoms with van der Waals surface area (Å²) in [6, 6.07) is 12.7. The molecule has 5 nitrogen and oxygen atoms in total. The number of rotatable bonds is 6. The maximum atomic E-state index is 6.25. The van der Waals surface area contributed by atoms with Crippen LogP contribution in [0.1, 0.15) is 50.5 Å². The summed E-state index contributed by atoms with van der Waals surface area (Å²) in [4.78, 5) is 12.2. The van der Waals surface area contributed by atoms with Crippen LogP contribution < -0.4 is 9.47 Å². The van der Waals surface area contributed by atoms with Gasteiger partial charge in [0.25, 0.3) is 0 Å². The molecule has 0 N–H and O–H groups in total. The number of aliphatic imine (C=N–C) groups is 1. The van der Waals surface area contributed by atoms with Gasteiger partial charge in [-0.3, -0.25) is 9.98 Å². The third-order valence-corrected chi connectivity index (χ3v) is 6.36. The average molecular weight is 398 g/mol. The molecule has 1 saturated heterocycles. The Kier molecular flexibility index (Phi) is 5.49. The molecule has 3 atom stereocenters. The predicted octanol–water partition coefficient (Wildman–Crippen LogP) is 4.86. The molecule has 148 valence electrons. The first-order chi connectivity index (χ1) is 13.6. The zero-order valence-electron chi connectivity index (χ0n) is 16.8. The fourth-order valence-electron chi connectivity index (χ4n) is 3.98. The summed E-state index contributed by atoms with van der Waals surface area (Å²) >= 11 is 1.85. The number of nitrogens with zero attached hydrogens (tertiary/aromatic N) is 3. The highest BCUT2D eigenvalue weighted by atomic mass is 32.2. The Balaban J connectivity index is 1.85. The Morgan fingerprint density at radius 2 is 2.07 bits per heavy atom. The lowest BCUT2D eigenvalue weighted by Crippen LogP contribution is -2.35. The molecule has 0 spiro atoms. The predicted molar refractivity (Wildman–Crippen MR) is 114 cm³/mol. The van der Waals surface area contributed by atoms with Crippen molar-refractivity contribution in [3.8, 4) is 11.5 Å². The molecule has 6 heteroatoms. The van der Waals surface area contributed by atoms with Crippen molar-refractivity contribution in [2.75, 3.05) is 12.9 Å². The second-order valence-electron chi connectivity index (χ2n) is 7.38. The Morgan fingerprint density at radius 1 is 1.21 bits per heavy atom. The van der Waals surface area contributed by atoms with Gasteiger partial charge in [0.05, 0.1) is 24.9 Å². The molecule has 28 heavy (non-hydrogen) atoms. The third kappa shape index (κ3) is 3.34. The smallest absolute Gasteiger partial charge is 0.166 e. The van der Waals surface area contributed by atoms with Gasteiger partial charge in [0.1, 0.15) is 6.04 Å². The van der Waals surface area contributed by atoms with E-state index in [1.807, 2.05) is 56.1 Å². The van der Waals surface area contributed by atoms with Gasteiger partial charge in [0, 0.05) is 23.6 Å². The summed E-state index contributed by atoms with van der Waals surface area (Å²) in [7, 11) is 1.69. The summed E-state index contributed by atoms with van der Waals surface area (Å²) in [5.74, 6) is 2.65. The average Bonchev–Trinajstić information content (AvgIpc) is 3.27. The van der Waals surface area contributed by atoms with Crippen molar-refractivity contribution >= 4 is 16.9 Å². The number of fused-ring (bicyclic) bond motifs is 1. The topological polar surface area (TPSA) is 47.0 Å². The van der Waals surface area contributed by atoms with Crippen LogP contribution >= 0.6 is 11.8 Å². The number of ether oxygens (including phenoxy) is 2. The molecule has 0 radical (unpaired) electrons. The van der Waals surface area contributed by atoms with Gasteiger partial charge in [0.15, 0.2) is 16.7 Å². The van der Waals surface area contributed by atoms with Crippen molar-refractivity contribution in [3.05, 3.63) is 53.9 Å². The Hall–Kier alpha value is -2.21. The molecule has 0 saturated carbocycles. The molecule has 4 rings (SSSR count). The van der Waals surface area contributed by atoms with Crippen LogP contribution in [0, 0.1) is 0 Å².